The van der Waals surface area contributed by atoms with Crippen LogP contribution in [0.4, 0.5) is 0 Å². The summed E-state index contributed by atoms with van der Waals surface area (Å²) in [6.45, 7) is 1.83. The molecule has 0 fully saturated rings. The van der Waals surface area contributed by atoms with Gasteiger partial charge in [0.1, 0.15) is 0 Å². The number of amides is 1. The lowest BCUT2D eigenvalue weighted by Gasteiger charge is -2.15. The van der Waals surface area contributed by atoms with Crippen molar-refractivity contribution in [1.82, 2.24) is 5.32 Å². The van der Waals surface area contributed by atoms with E-state index in [0.717, 1.165) is 9.13 Å². The van der Waals surface area contributed by atoms with Crippen LogP contribution in [-0.2, 0) is 10.0 Å². The minimum Gasteiger partial charge on any atom is -0.345 e. The zero-order valence-corrected chi connectivity index (χ0v) is 14.8. The lowest BCUT2D eigenvalue weighted by molar-refractivity contribution is 0.0939. The number of carbonyl (C=O) groups is 1. The monoisotopic (exact) mass is 430 g/mol. The van der Waals surface area contributed by atoms with Gasteiger partial charge in [0.25, 0.3) is 5.91 Å². The molecular weight excluding hydrogens is 415 g/mol. The zero-order chi connectivity index (χ0) is 16.3. The second-order valence-electron chi connectivity index (χ2n) is 4.79. The molecule has 0 aromatic heterocycles. The van der Waals surface area contributed by atoms with Crippen molar-refractivity contribution in [3.63, 3.8) is 0 Å². The molecule has 5 nitrogen and oxygen atoms in total. The van der Waals surface area contributed by atoms with Crippen LogP contribution in [0.25, 0.3) is 0 Å². The van der Waals surface area contributed by atoms with Crippen LogP contribution in [0.1, 0.15) is 28.9 Å². The first-order chi connectivity index (χ1) is 10.3. The number of hydrogen-bond acceptors (Lipinski definition) is 3. The molecule has 0 aliphatic heterocycles. The Bertz CT molecular complexity index is 789. The maximum Gasteiger partial charge on any atom is 0.252 e. The minimum atomic E-state index is -3.71. The van der Waals surface area contributed by atoms with Gasteiger partial charge in [0.05, 0.1) is 16.5 Å². The smallest absolute Gasteiger partial charge is 0.252 e. The first-order valence-electron chi connectivity index (χ1n) is 6.47. The summed E-state index contributed by atoms with van der Waals surface area (Å²) in [5.41, 5.74) is 1.41. The van der Waals surface area contributed by atoms with Crippen LogP contribution < -0.4 is 10.5 Å². The highest BCUT2D eigenvalue weighted by Gasteiger charge is 2.14. The van der Waals surface area contributed by atoms with Gasteiger partial charge in [-0.2, -0.15) is 0 Å². The second kappa shape index (κ2) is 6.76. The van der Waals surface area contributed by atoms with Gasteiger partial charge in [0, 0.05) is 3.57 Å². The molecule has 1 unspecified atom stereocenters. The summed E-state index contributed by atoms with van der Waals surface area (Å²) in [6, 6.07) is 13.2. The van der Waals surface area contributed by atoms with Gasteiger partial charge in [-0.1, -0.05) is 24.3 Å². The van der Waals surface area contributed by atoms with E-state index in [1.54, 1.807) is 18.2 Å². The van der Waals surface area contributed by atoms with E-state index in [-0.39, 0.29) is 16.8 Å². The summed E-state index contributed by atoms with van der Waals surface area (Å²) >= 11 is 2.11. The largest absolute Gasteiger partial charge is 0.345 e. The lowest BCUT2D eigenvalue weighted by atomic mass is 10.1. The molecule has 0 heterocycles. The van der Waals surface area contributed by atoms with Gasteiger partial charge >= 0.3 is 0 Å². The summed E-state index contributed by atoms with van der Waals surface area (Å²) in [4.78, 5) is 12.3. The minimum absolute atomic E-state index is 0.0485. The van der Waals surface area contributed by atoms with Gasteiger partial charge in [-0.15, -0.1) is 0 Å². The molecule has 1 amide bonds. The highest BCUT2D eigenvalue weighted by atomic mass is 127. The number of nitrogens with two attached hydrogens (primary N) is 1. The topological polar surface area (TPSA) is 89.3 Å². The molecule has 0 spiro atoms. The Hall–Kier alpha value is -1.45. The third kappa shape index (κ3) is 4.05. The van der Waals surface area contributed by atoms with Crippen LogP contribution in [0, 0.1) is 3.57 Å². The maximum atomic E-state index is 12.2. The number of benzene rings is 2. The Kier molecular flexibility index (Phi) is 5.20. The van der Waals surface area contributed by atoms with E-state index in [0.29, 0.717) is 5.56 Å². The lowest BCUT2D eigenvalue weighted by Crippen LogP contribution is -2.27. The quantitative estimate of drug-likeness (QED) is 0.731. The first-order valence-corrected chi connectivity index (χ1v) is 9.09. The SMILES string of the molecule is CC(NC(=O)c1ccccc1I)c1ccc(S(N)(=O)=O)cc1. The molecule has 116 valence electrons. The molecule has 2 aromatic carbocycles. The fourth-order valence-electron chi connectivity index (χ4n) is 1.95. The van der Waals surface area contributed by atoms with E-state index in [1.807, 2.05) is 25.1 Å². The van der Waals surface area contributed by atoms with Gasteiger partial charge in [-0.05, 0) is 59.3 Å². The Morgan fingerprint density at radius 1 is 1.14 bits per heavy atom. The highest BCUT2D eigenvalue weighted by molar-refractivity contribution is 14.1. The van der Waals surface area contributed by atoms with Gasteiger partial charge in [-0.25, -0.2) is 13.6 Å². The molecule has 1 atom stereocenters. The Labute approximate surface area is 143 Å². The number of carbonyl (C=O) groups excluding carboxylic acids is 1. The van der Waals surface area contributed by atoms with Gasteiger partial charge in [-0.3, -0.25) is 4.79 Å². The van der Waals surface area contributed by atoms with E-state index in [1.165, 1.54) is 12.1 Å². The number of primary sulfonamides is 1. The number of halogens is 1. The Balaban J connectivity index is 2.14. The van der Waals surface area contributed by atoms with Gasteiger partial charge in [0.2, 0.25) is 10.0 Å². The zero-order valence-electron chi connectivity index (χ0n) is 11.8. The van der Waals surface area contributed by atoms with Crippen LogP contribution >= 0.6 is 22.6 Å². The second-order valence-corrected chi connectivity index (χ2v) is 7.51. The Morgan fingerprint density at radius 2 is 1.73 bits per heavy atom. The number of nitrogens with one attached hydrogen (secondary N) is 1. The fraction of sp³-hybridized carbons (Fsp3) is 0.133. The van der Waals surface area contributed by atoms with Crippen molar-refractivity contribution in [3.05, 3.63) is 63.2 Å². The average molecular weight is 430 g/mol. The maximum absolute atomic E-state index is 12.2. The van der Waals surface area contributed by atoms with Crippen molar-refractivity contribution in [1.29, 1.82) is 0 Å². The van der Waals surface area contributed by atoms with Crippen LogP contribution in [0.2, 0.25) is 0 Å². The molecule has 22 heavy (non-hydrogen) atoms. The first kappa shape index (κ1) is 16.9. The van der Waals surface area contributed by atoms with Gasteiger partial charge < -0.3 is 5.32 Å². The van der Waals surface area contributed by atoms with E-state index >= 15 is 0 Å². The number of rotatable bonds is 4. The van der Waals surface area contributed by atoms with E-state index < -0.39 is 10.0 Å². The third-order valence-electron chi connectivity index (χ3n) is 3.17. The molecule has 7 heteroatoms. The predicted molar refractivity (Wildman–Crippen MR) is 92.9 cm³/mol. The number of hydrogen-bond donors (Lipinski definition) is 2. The average Bonchev–Trinajstić information content (AvgIpc) is 2.46. The van der Waals surface area contributed by atoms with E-state index in [4.69, 9.17) is 5.14 Å². The van der Waals surface area contributed by atoms with Crippen molar-refractivity contribution in [2.75, 3.05) is 0 Å². The molecule has 0 bridgehead atoms. The number of sulfonamides is 1. The summed E-state index contributed by atoms with van der Waals surface area (Å²) in [5.74, 6) is -0.173. The van der Waals surface area contributed by atoms with Crippen molar-refractivity contribution >= 4 is 38.5 Å². The predicted octanol–water partition coefficient (Wildman–Crippen LogP) is 2.43. The molecule has 0 radical (unpaired) electrons. The molecule has 0 aliphatic carbocycles. The van der Waals surface area contributed by atoms with Crippen molar-refractivity contribution < 1.29 is 13.2 Å². The van der Waals surface area contributed by atoms with Crippen molar-refractivity contribution in [2.24, 2.45) is 5.14 Å². The summed E-state index contributed by atoms with van der Waals surface area (Å²) in [6.07, 6.45) is 0. The van der Waals surface area contributed by atoms with E-state index in [2.05, 4.69) is 27.9 Å². The van der Waals surface area contributed by atoms with Crippen LogP contribution in [0.5, 0.6) is 0 Å². The highest BCUT2D eigenvalue weighted by Crippen LogP contribution is 2.17. The van der Waals surface area contributed by atoms with Crippen LogP contribution in [0.3, 0.4) is 0 Å². The molecule has 2 rings (SSSR count). The van der Waals surface area contributed by atoms with E-state index in [9.17, 15) is 13.2 Å². The third-order valence-corrected chi connectivity index (χ3v) is 5.04. The summed E-state index contributed by atoms with van der Waals surface area (Å²) in [5, 5.41) is 7.95. The summed E-state index contributed by atoms with van der Waals surface area (Å²) in [7, 11) is -3.71. The standard InChI is InChI=1S/C15H15IN2O3S/c1-10(11-6-8-12(9-7-11)22(17,20)21)18-15(19)13-4-2-3-5-14(13)16/h2-10H,1H3,(H,18,19)(H2,17,20,21). The molecule has 3 N–H and O–H groups in total. The Morgan fingerprint density at radius 3 is 2.27 bits per heavy atom. The summed E-state index contributed by atoms with van der Waals surface area (Å²) < 4.78 is 23.3. The van der Waals surface area contributed by atoms with Crippen LogP contribution in [0.15, 0.2) is 53.4 Å². The fourth-order valence-corrected chi connectivity index (χ4v) is 3.10. The van der Waals surface area contributed by atoms with Crippen molar-refractivity contribution in [3.8, 4) is 0 Å². The van der Waals surface area contributed by atoms with Gasteiger partial charge in [0.15, 0.2) is 0 Å². The molecule has 2 aromatic rings. The van der Waals surface area contributed by atoms with Crippen LogP contribution in [-0.4, -0.2) is 14.3 Å². The normalized spacial score (nSPS) is 12.7. The molecule has 0 saturated carbocycles. The van der Waals surface area contributed by atoms with Crippen molar-refractivity contribution in [2.45, 2.75) is 17.9 Å². The molecular formula is C15H15IN2O3S. The molecule has 0 saturated heterocycles. The molecule has 0 aliphatic rings.